The minimum Gasteiger partial charge on any atom is -0.323 e. The lowest BCUT2D eigenvalue weighted by atomic mass is 9.74. The summed E-state index contributed by atoms with van der Waals surface area (Å²) >= 11 is 0. The highest BCUT2D eigenvalue weighted by atomic mass is 16.2. The largest absolute Gasteiger partial charge is 0.325 e. The zero-order chi connectivity index (χ0) is 21.6. The fraction of sp³-hybridized carbons (Fsp3) is 0.600. The minimum atomic E-state index is -0.813. The number of amides is 3. The van der Waals surface area contributed by atoms with Crippen LogP contribution in [-0.4, -0.2) is 53.5 Å². The third-order valence-corrected chi connectivity index (χ3v) is 6.57. The van der Waals surface area contributed by atoms with Gasteiger partial charge in [0.25, 0.3) is 5.91 Å². The van der Waals surface area contributed by atoms with Crippen LogP contribution in [0.4, 0.5) is 4.79 Å². The highest BCUT2D eigenvalue weighted by molar-refractivity contribution is 6.07. The van der Waals surface area contributed by atoms with E-state index < -0.39 is 5.54 Å². The molecular weight excluding hydrogens is 374 g/mol. The van der Waals surface area contributed by atoms with Gasteiger partial charge in [-0.1, -0.05) is 50.1 Å². The summed E-state index contributed by atoms with van der Waals surface area (Å²) in [6.07, 6.45) is 4.48. The van der Waals surface area contributed by atoms with Crippen molar-refractivity contribution in [3.8, 4) is 11.8 Å². The van der Waals surface area contributed by atoms with Gasteiger partial charge in [0.2, 0.25) is 0 Å². The molecule has 1 N–H and O–H groups in total. The van der Waals surface area contributed by atoms with Gasteiger partial charge in [0, 0.05) is 0 Å². The lowest BCUT2D eigenvalue weighted by Crippen LogP contribution is -2.56. The van der Waals surface area contributed by atoms with Crippen molar-refractivity contribution in [1.82, 2.24) is 15.1 Å². The topological polar surface area (TPSA) is 52.7 Å². The Morgan fingerprint density at radius 3 is 2.50 bits per heavy atom. The van der Waals surface area contributed by atoms with Crippen molar-refractivity contribution in [3.05, 3.63) is 35.9 Å². The number of piperidine rings is 1. The number of imide groups is 1. The van der Waals surface area contributed by atoms with Crippen LogP contribution in [-0.2, 0) is 11.2 Å². The number of likely N-dealkylation sites (tertiary alicyclic amines) is 1. The third kappa shape index (κ3) is 5.05. The number of carbonyl (C=O) groups excluding carboxylic acids is 2. The zero-order valence-corrected chi connectivity index (χ0v) is 18.6. The summed E-state index contributed by atoms with van der Waals surface area (Å²) in [6.45, 7) is 9.50. The van der Waals surface area contributed by atoms with Gasteiger partial charge in [-0.25, -0.2) is 4.79 Å². The molecule has 2 saturated heterocycles. The summed E-state index contributed by atoms with van der Waals surface area (Å²) in [5, 5.41) is 3.13. The van der Waals surface area contributed by atoms with E-state index in [1.807, 2.05) is 18.2 Å². The SMILES string of the molecule is CC#CCN1C(=O)N[C@@](CCc2ccccc2)(C2CCN(CCC(C)C)CC2)C1=O. The van der Waals surface area contributed by atoms with Gasteiger partial charge in [-0.15, -0.1) is 5.92 Å². The van der Waals surface area contributed by atoms with Crippen LogP contribution in [0.25, 0.3) is 0 Å². The molecule has 1 atom stereocenters. The van der Waals surface area contributed by atoms with Crippen molar-refractivity contribution in [3.63, 3.8) is 0 Å². The van der Waals surface area contributed by atoms with Crippen LogP contribution in [0.1, 0.15) is 52.0 Å². The number of urea groups is 1. The van der Waals surface area contributed by atoms with Crippen LogP contribution >= 0.6 is 0 Å². The van der Waals surface area contributed by atoms with Crippen LogP contribution in [0, 0.1) is 23.7 Å². The number of rotatable bonds is 8. The van der Waals surface area contributed by atoms with E-state index in [2.05, 4.69) is 48.0 Å². The van der Waals surface area contributed by atoms with Crippen LogP contribution in [0.3, 0.4) is 0 Å². The molecule has 0 saturated carbocycles. The molecule has 0 unspecified atom stereocenters. The zero-order valence-electron chi connectivity index (χ0n) is 18.6. The van der Waals surface area contributed by atoms with E-state index >= 15 is 0 Å². The molecule has 3 amide bonds. The Bertz CT molecular complexity index is 788. The number of nitrogens with one attached hydrogen (secondary N) is 1. The van der Waals surface area contributed by atoms with Crippen molar-refractivity contribution in [2.24, 2.45) is 11.8 Å². The van der Waals surface area contributed by atoms with E-state index in [4.69, 9.17) is 0 Å². The fourth-order valence-electron chi connectivity index (χ4n) is 4.67. The molecule has 162 valence electrons. The van der Waals surface area contributed by atoms with Gasteiger partial charge < -0.3 is 10.2 Å². The first-order valence-electron chi connectivity index (χ1n) is 11.3. The number of aryl methyl sites for hydroxylation is 1. The fourth-order valence-corrected chi connectivity index (χ4v) is 4.67. The molecule has 2 aliphatic rings. The maximum atomic E-state index is 13.5. The van der Waals surface area contributed by atoms with Gasteiger partial charge in [0.15, 0.2) is 0 Å². The third-order valence-electron chi connectivity index (χ3n) is 6.57. The normalized spacial score (nSPS) is 22.9. The first-order valence-corrected chi connectivity index (χ1v) is 11.3. The molecule has 30 heavy (non-hydrogen) atoms. The Morgan fingerprint density at radius 1 is 1.17 bits per heavy atom. The minimum absolute atomic E-state index is 0.0909. The van der Waals surface area contributed by atoms with E-state index in [0.717, 1.165) is 38.9 Å². The summed E-state index contributed by atoms with van der Waals surface area (Å²) in [7, 11) is 0. The van der Waals surface area contributed by atoms with E-state index in [0.29, 0.717) is 12.3 Å². The number of nitrogens with zero attached hydrogens (tertiary/aromatic N) is 2. The predicted octanol–water partition coefficient (Wildman–Crippen LogP) is 3.69. The maximum absolute atomic E-state index is 13.5. The average Bonchev–Trinajstić information content (AvgIpc) is 3.00. The Morgan fingerprint density at radius 2 is 1.87 bits per heavy atom. The average molecular weight is 410 g/mol. The lowest BCUT2D eigenvalue weighted by molar-refractivity contribution is -0.134. The van der Waals surface area contributed by atoms with Crippen molar-refractivity contribution in [2.45, 2.75) is 58.4 Å². The van der Waals surface area contributed by atoms with Gasteiger partial charge in [-0.2, -0.15) is 0 Å². The van der Waals surface area contributed by atoms with E-state index in [-0.39, 0.29) is 24.4 Å². The molecule has 2 aliphatic heterocycles. The molecule has 0 spiro atoms. The molecule has 0 aliphatic carbocycles. The van der Waals surface area contributed by atoms with E-state index in [1.165, 1.54) is 16.9 Å². The van der Waals surface area contributed by atoms with Crippen molar-refractivity contribution in [2.75, 3.05) is 26.2 Å². The predicted molar refractivity (Wildman–Crippen MR) is 120 cm³/mol. The van der Waals surface area contributed by atoms with Gasteiger partial charge in [0.1, 0.15) is 5.54 Å². The monoisotopic (exact) mass is 409 g/mol. The van der Waals surface area contributed by atoms with Crippen molar-refractivity contribution >= 4 is 11.9 Å². The van der Waals surface area contributed by atoms with Gasteiger partial charge in [0.05, 0.1) is 6.54 Å². The molecule has 0 aromatic heterocycles. The molecule has 0 bridgehead atoms. The summed E-state index contributed by atoms with van der Waals surface area (Å²) in [6, 6.07) is 9.92. The standard InChI is InChI=1S/C25H35N3O2/c1-4-5-16-28-23(29)25(26-24(28)30,15-11-21-9-7-6-8-10-21)22-13-18-27(19-14-22)17-12-20(2)3/h6-10,20,22H,11-19H2,1-3H3,(H,26,30)/t25-/m0/s1. The van der Waals surface area contributed by atoms with E-state index in [9.17, 15) is 9.59 Å². The molecule has 5 heteroatoms. The molecule has 1 aromatic carbocycles. The maximum Gasteiger partial charge on any atom is 0.325 e. The molecule has 0 radical (unpaired) electrons. The molecule has 5 nitrogen and oxygen atoms in total. The molecule has 3 rings (SSSR count). The second kappa shape index (κ2) is 10.1. The Hall–Kier alpha value is -2.32. The van der Waals surface area contributed by atoms with Crippen LogP contribution < -0.4 is 5.32 Å². The second-order valence-electron chi connectivity index (χ2n) is 9.00. The summed E-state index contributed by atoms with van der Waals surface area (Å²) in [5.41, 5.74) is 0.382. The number of benzene rings is 1. The van der Waals surface area contributed by atoms with Crippen LogP contribution in [0.2, 0.25) is 0 Å². The summed E-state index contributed by atoms with van der Waals surface area (Å²) < 4.78 is 0. The lowest BCUT2D eigenvalue weighted by Gasteiger charge is -2.41. The highest BCUT2D eigenvalue weighted by Crippen LogP contribution is 2.37. The quantitative estimate of drug-likeness (QED) is 0.526. The van der Waals surface area contributed by atoms with Crippen LogP contribution in [0.5, 0.6) is 0 Å². The summed E-state index contributed by atoms with van der Waals surface area (Å²) in [5.74, 6) is 6.45. The number of carbonyl (C=O) groups is 2. The molecule has 2 fully saturated rings. The van der Waals surface area contributed by atoms with Gasteiger partial charge in [-0.3, -0.25) is 9.69 Å². The Balaban J connectivity index is 1.76. The first-order chi connectivity index (χ1) is 14.5. The van der Waals surface area contributed by atoms with Crippen molar-refractivity contribution in [1.29, 1.82) is 0 Å². The smallest absolute Gasteiger partial charge is 0.323 e. The number of hydrogen-bond donors (Lipinski definition) is 1. The molecule has 1 aromatic rings. The molecule has 2 heterocycles. The Labute approximate surface area is 181 Å². The second-order valence-corrected chi connectivity index (χ2v) is 9.00. The molecular formula is C25H35N3O2. The highest BCUT2D eigenvalue weighted by Gasteiger charge is 2.55. The van der Waals surface area contributed by atoms with Crippen LogP contribution in [0.15, 0.2) is 30.3 Å². The van der Waals surface area contributed by atoms with Crippen molar-refractivity contribution < 1.29 is 9.59 Å². The first kappa shape index (κ1) is 22.4. The summed E-state index contributed by atoms with van der Waals surface area (Å²) in [4.78, 5) is 30.1. The van der Waals surface area contributed by atoms with E-state index in [1.54, 1.807) is 6.92 Å². The van der Waals surface area contributed by atoms with Gasteiger partial charge in [-0.05, 0) is 76.1 Å². The number of hydrogen-bond acceptors (Lipinski definition) is 3. The van der Waals surface area contributed by atoms with Gasteiger partial charge >= 0.3 is 6.03 Å². The Kier molecular flexibility index (Phi) is 7.55.